The number of ether oxygens (including phenoxy) is 1. The molecule has 0 aliphatic carbocycles. The van der Waals surface area contributed by atoms with Crippen LogP contribution >= 0.6 is 11.6 Å². The molecule has 1 heterocycles. The van der Waals surface area contributed by atoms with Crippen LogP contribution in [-0.4, -0.2) is 38.6 Å². The molecule has 0 aliphatic heterocycles. The Labute approximate surface area is 124 Å². The highest BCUT2D eigenvalue weighted by atomic mass is 35.5. The van der Waals surface area contributed by atoms with E-state index in [9.17, 15) is 9.59 Å². The molecule has 0 bridgehead atoms. The molecule has 0 amide bonds. The quantitative estimate of drug-likeness (QED) is 0.818. The van der Waals surface area contributed by atoms with E-state index >= 15 is 0 Å². The molecule has 1 aromatic heterocycles. The normalized spacial score (nSPS) is 10.4. The van der Waals surface area contributed by atoms with Crippen molar-refractivity contribution < 1.29 is 19.4 Å². The maximum Gasteiger partial charge on any atom is 0.362 e. The summed E-state index contributed by atoms with van der Waals surface area (Å²) in [5.74, 6) is -1.94. The molecular formula is C12H11ClN4O4. The summed E-state index contributed by atoms with van der Waals surface area (Å²) in [6, 6.07) is 4.19. The molecule has 0 saturated carbocycles. The molecule has 0 aliphatic rings. The predicted octanol–water partition coefficient (Wildman–Crippen LogP) is 1.38. The second kappa shape index (κ2) is 5.80. The molecule has 2 rings (SSSR count). The minimum Gasteiger partial charge on any atom is -0.478 e. The molecule has 21 heavy (non-hydrogen) atoms. The van der Waals surface area contributed by atoms with Gasteiger partial charge in [-0.3, -0.25) is 0 Å². The van der Waals surface area contributed by atoms with Gasteiger partial charge in [-0.1, -0.05) is 16.8 Å². The second-order valence-electron chi connectivity index (χ2n) is 3.92. The fraction of sp³-hybridized carbons (Fsp3) is 0.167. The predicted molar refractivity (Wildman–Crippen MR) is 73.7 cm³/mol. The second-order valence-corrected chi connectivity index (χ2v) is 4.33. The Morgan fingerprint density at radius 2 is 2.19 bits per heavy atom. The van der Waals surface area contributed by atoms with Gasteiger partial charge in [-0.25, -0.2) is 9.59 Å². The van der Waals surface area contributed by atoms with Gasteiger partial charge in [0.15, 0.2) is 5.82 Å². The first-order valence-corrected chi connectivity index (χ1v) is 6.25. The van der Waals surface area contributed by atoms with Crippen molar-refractivity contribution in [2.75, 3.05) is 12.3 Å². The van der Waals surface area contributed by atoms with Crippen LogP contribution in [0.15, 0.2) is 18.2 Å². The molecule has 110 valence electrons. The molecule has 1 aromatic carbocycles. The number of hydrogen-bond acceptors (Lipinski definition) is 6. The third-order valence-corrected chi connectivity index (χ3v) is 2.93. The van der Waals surface area contributed by atoms with Crippen LogP contribution in [0.2, 0.25) is 5.02 Å². The Kier molecular flexibility index (Phi) is 4.08. The summed E-state index contributed by atoms with van der Waals surface area (Å²) in [6.07, 6.45) is 0. The average molecular weight is 311 g/mol. The highest BCUT2D eigenvalue weighted by Gasteiger charge is 2.20. The lowest BCUT2D eigenvalue weighted by atomic mass is 10.2. The number of hydrogen-bond donors (Lipinski definition) is 2. The Morgan fingerprint density at radius 1 is 1.48 bits per heavy atom. The van der Waals surface area contributed by atoms with Crippen molar-refractivity contribution in [1.82, 2.24) is 15.0 Å². The number of rotatable bonds is 4. The third-order valence-electron chi connectivity index (χ3n) is 2.60. The van der Waals surface area contributed by atoms with Crippen LogP contribution in [0.5, 0.6) is 0 Å². The van der Waals surface area contributed by atoms with E-state index in [1.807, 2.05) is 0 Å². The van der Waals surface area contributed by atoms with Gasteiger partial charge in [0.2, 0.25) is 5.69 Å². The average Bonchev–Trinajstić information content (AvgIpc) is 2.81. The van der Waals surface area contributed by atoms with Crippen LogP contribution in [0.3, 0.4) is 0 Å². The Hall–Kier alpha value is -2.61. The molecule has 0 fully saturated rings. The van der Waals surface area contributed by atoms with Crippen molar-refractivity contribution in [3.63, 3.8) is 0 Å². The number of carboxylic acids is 1. The lowest BCUT2D eigenvalue weighted by molar-refractivity contribution is 0.0520. The van der Waals surface area contributed by atoms with E-state index < -0.39 is 11.9 Å². The molecule has 8 nitrogen and oxygen atoms in total. The van der Waals surface area contributed by atoms with Gasteiger partial charge >= 0.3 is 11.9 Å². The molecule has 0 saturated heterocycles. The smallest absolute Gasteiger partial charge is 0.362 e. The summed E-state index contributed by atoms with van der Waals surface area (Å²) in [4.78, 5) is 22.7. The summed E-state index contributed by atoms with van der Waals surface area (Å²) in [5.41, 5.74) is 5.86. The van der Waals surface area contributed by atoms with Gasteiger partial charge < -0.3 is 15.6 Å². The number of halogens is 1. The van der Waals surface area contributed by atoms with Gasteiger partial charge in [0.1, 0.15) is 0 Å². The number of anilines is 1. The van der Waals surface area contributed by atoms with Gasteiger partial charge in [-0.2, -0.15) is 4.68 Å². The van der Waals surface area contributed by atoms with E-state index in [0.717, 1.165) is 4.68 Å². The number of carbonyl (C=O) groups excluding carboxylic acids is 1. The number of carboxylic acid groups (broad SMARTS) is 1. The van der Waals surface area contributed by atoms with E-state index in [4.69, 9.17) is 27.2 Å². The summed E-state index contributed by atoms with van der Waals surface area (Å²) in [5, 5.41) is 16.5. The molecular weight excluding hydrogens is 300 g/mol. The maximum atomic E-state index is 11.6. The number of nitrogens with zero attached hydrogens (tertiary/aromatic N) is 3. The zero-order valence-electron chi connectivity index (χ0n) is 10.9. The number of carbonyl (C=O) groups is 2. The highest BCUT2D eigenvalue weighted by Crippen LogP contribution is 2.22. The van der Waals surface area contributed by atoms with E-state index in [1.165, 1.54) is 18.2 Å². The molecule has 0 spiro atoms. The first kappa shape index (κ1) is 14.8. The van der Waals surface area contributed by atoms with Crippen molar-refractivity contribution in [1.29, 1.82) is 0 Å². The summed E-state index contributed by atoms with van der Waals surface area (Å²) in [7, 11) is 0. The summed E-state index contributed by atoms with van der Waals surface area (Å²) >= 11 is 5.78. The monoisotopic (exact) mass is 310 g/mol. The number of aromatic nitrogens is 3. The maximum absolute atomic E-state index is 11.6. The van der Waals surface area contributed by atoms with Gasteiger partial charge in [-0.05, 0) is 25.1 Å². The van der Waals surface area contributed by atoms with Crippen molar-refractivity contribution >= 4 is 29.4 Å². The van der Waals surface area contributed by atoms with Gasteiger partial charge in [0.25, 0.3) is 0 Å². The number of esters is 1. The molecule has 3 N–H and O–H groups in total. The van der Waals surface area contributed by atoms with Crippen LogP contribution in [0, 0.1) is 0 Å². The lowest BCUT2D eigenvalue weighted by Gasteiger charge is -2.06. The first-order chi connectivity index (χ1) is 9.95. The summed E-state index contributed by atoms with van der Waals surface area (Å²) in [6.45, 7) is 1.83. The fourth-order valence-electron chi connectivity index (χ4n) is 1.63. The Bertz CT molecular complexity index is 713. The van der Waals surface area contributed by atoms with Crippen LogP contribution < -0.4 is 5.73 Å². The lowest BCUT2D eigenvalue weighted by Crippen LogP contribution is -2.10. The highest BCUT2D eigenvalue weighted by molar-refractivity contribution is 6.33. The third kappa shape index (κ3) is 2.79. The Morgan fingerprint density at radius 3 is 2.81 bits per heavy atom. The largest absolute Gasteiger partial charge is 0.478 e. The summed E-state index contributed by atoms with van der Waals surface area (Å²) < 4.78 is 5.92. The standard InChI is InChI=1S/C12H11ClN4O4/c1-2-21-12(20)9-10(14)17(16-15-9)6-3-4-8(13)7(5-6)11(18)19/h3-5H,2,14H2,1H3,(H,18,19). The number of benzene rings is 1. The van der Waals surface area contributed by atoms with Crippen LogP contribution in [0.4, 0.5) is 5.82 Å². The number of nitrogens with two attached hydrogens (primary N) is 1. The van der Waals surface area contributed by atoms with Gasteiger partial charge in [0, 0.05) is 0 Å². The van der Waals surface area contributed by atoms with Crippen LogP contribution in [0.25, 0.3) is 5.69 Å². The molecule has 9 heteroatoms. The minimum atomic E-state index is -1.19. The van der Waals surface area contributed by atoms with Crippen molar-refractivity contribution in [3.05, 3.63) is 34.5 Å². The van der Waals surface area contributed by atoms with Gasteiger partial charge in [-0.15, -0.1) is 5.10 Å². The number of aromatic carboxylic acids is 1. The topological polar surface area (TPSA) is 120 Å². The molecule has 2 aromatic rings. The van der Waals surface area contributed by atoms with Crippen molar-refractivity contribution in [3.8, 4) is 5.69 Å². The van der Waals surface area contributed by atoms with E-state index in [1.54, 1.807) is 6.92 Å². The van der Waals surface area contributed by atoms with Crippen molar-refractivity contribution in [2.45, 2.75) is 6.92 Å². The Balaban J connectivity index is 2.46. The zero-order chi connectivity index (χ0) is 15.6. The molecule has 0 radical (unpaired) electrons. The molecule has 0 atom stereocenters. The molecule has 0 unspecified atom stereocenters. The van der Waals surface area contributed by atoms with Gasteiger partial charge in [0.05, 0.1) is 22.9 Å². The van der Waals surface area contributed by atoms with E-state index in [2.05, 4.69) is 10.3 Å². The van der Waals surface area contributed by atoms with E-state index in [-0.39, 0.29) is 28.7 Å². The van der Waals surface area contributed by atoms with E-state index in [0.29, 0.717) is 5.69 Å². The van der Waals surface area contributed by atoms with Crippen LogP contribution in [0.1, 0.15) is 27.8 Å². The SMILES string of the molecule is CCOC(=O)c1nnn(-c2ccc(Cl)c(C(=O)O)c2)c1N. The minimum absolute atomic E-state index is 0.0490. The van der Waals surface area contributed by atoms with Crippen molar-refractivity contribution in [2.24, 2.45) is 0 Å². The fourth-order valence-corrected chi connectivity index (χ4v) is 1.83. The van der Waals surface area contributed by atoms with Crippen LogP contribution in [-0.2, 0) is 4.74 Å². The zero-order valence-corrected chi connectivity index (χ0v) is 11.7. The first-order valence-electron chi connectivity index (χ1n) is 5.87. The number of nitrogen functional groups attached to an aromatic ring is 1.